The van der Waals surface area contributed by atoms with Gasteiger partial charge in [-0.3, -0.25) is 4.79 Å². The van der Waals surface area contributed by atoms with Crippen molar-refractivity contribution in [1.82, 2.24) is 0 Å². The van der Waals surface area contributed by atoms with Crippen molar-refractivity contribution < 1.29 is 44.8 Å². The number of fused-ring (bicyclic) bond motifs is 2. The highest BCUT2D eigenvalue weighted by Gasteiger charge is 2.68. The quantitative estimate of drug-likeness (QED) is 0.0622. The third-order valence-electron chi connectivity index (χ3n) is 8.94. The summed E-state index contributed by atoms with van der Waals surface area (Å²) in [5.74, 6) is -6.51. The minimum atomic E-state index is -6.35. The van der Waals surface area contributed by atoms with Crippen molar-refractivity contribution in [2.45, 2.75) is 78.7 Å². The number of alkyl halides is 4. The van der Waals surface area contributed by atoms with E-state index in [9.17, 15) is 35.3 Å². The van der Waals surface area contributed by atoms with Gasteiger partial charge in [0.25, 0.3) is 0 Å². The summed E-state index contributed by atoms with van der Waals surface area (Å²) in [7, 11) is -6.52. The van der Waals surface area contributed by atoms with Crippen LogP contribution in [-0.2, 0) is 30.5 Å². The van der Waals surface area contributed by atoms with Crippen LogP contribution in [0.25, 0.3) is 0 Å². The lowest BCUT2D eigenvalue weighted by atomic mass is 9.84. The number of ether oxygens (including phenoxy) is 2. The molecular formula is C35H40F4O6S2. The Hall–Kier alpha value is -3.09. The number of hydrogen-bond donors (Lipinski definition) is 0. The van der Waals surface area contributed by atoms with Crippen LogP contribution in [0.3, 0.4) is 0 Å². The SMILES string of the molecule is CCC(C)(C)C(=O)OCCOc1ccc([S+](c2ccccc2)c2ccccc2)cc1.O=S(=O)([O-])C(F)(F)C(F)(F)C1CC2CCC1C2. The summed E-state index contributed by atoms with van der Waals surface area (Å²) in [5, 5.41) is -5.52. The molecule has 0 heterocycles. The van der Waals surface area contributed by atoms with E-state index in [1.54, 1.807) is 0 Å². The van der Waals surface area contributed by atoms with Crippen molar-refractivity contribution >= 4 is 27.0 Å². The summed E-state index contributed by atoms with van der Waals surface area (Å²) >= 11 is 0. The molecule has 3 aromatic rings. The summed E-state index contributed by atoms with van der Waals surface area (Å²) in [6.45, 7) is 6.37. The van der Waals surface area contributed by atoms with Gasteiger partial charge in [0.15, 0.2) is 24.8 Å². The van der Waals surface area contributed by atoms with Gasteiger partial charge < -0.3 is 14.0 Å². The Morgan fingerprint density at radius 2 is 1.36 bits per heavy atom. The van der Waals surface area contributed by atoms with Crippen molar-refractivity contribution in [3.8, 4) is 5.75 Å². The van der Waals surface area contributed by atoms with Crippen LogP contribution in [0.5, 0.6) is 5.75 Å². The lowest BCUT2D eigenvalue weighted by Gasteiger charge is -2.36. The maximum atomic E-state index is 13.5. The molecule has 2 aliphatic rings. The van der Waals surface area contributed by atoms with Gasteiger partial charge in [-0.2, -0.15) is 17.6 Å². The first-order valence-electron chi connectivity index (χ1n) is 15.5. The van der Waals surface area contributed by atoms with Crippen molar-refractivity contribution in [2.75, 3.05) is 13.2 Å². The molecule has 6 nitrogen and oxygen atoms in total. The standard InChI is InChI=1S/C26H29O3S.C9H12F4O3S/c1-4-26(2,3)25(27)29-20-19-28-21-15-17-24(18-16-21)30(22-11-7-5-8-12-22)23-13-9-6-10-14-23;10-8(11,9(12,13)17(14,15)16)7-4-5-1-2-6(7)3-5/h5-18H,4,19-20H2,1-3H3;5-7H,1-4H2,(H,14,15,16)/q+1;/p-1. The number of hydrogen-bond acceptors (Lipinski definition) is 6. The average Bonchev–Trinajstić information content (AvgIpc) is 3.69. The average molecular weight is 697 g/mol. The predicted octanol–water partition coefficient (Wildman–Crippen LogP) is 8.34. The molecule has 2 fully saturated rings. The minimum absolute atomic E-state index is 0.0407. The number of esters is 1. The van der Waals surface area contributed by atoms with E-state index in [1.807, 2.05) is 45.0 Å². The summed E-state index contributed by atoms with van der Waals surface area (Å²) in [5.41, 5.74) is -0.452. The highest BCUT2D eigenvalue weighted by atomic mass is 32.2. The molecule has 0 spiro atoms. The largest absolute Gasteiger partial charge is 0.743 e. The second-order valence-corrected chi connectivity index (χ2v) is 15.9. The van der Waals surface area contributed by atoms with Gasteiger partial charge >= 0.3 is 17.1 Å². The van der Waals surface area contributed by atoms with Crippen LogP contribution in [0.15, 0.2) is 99.6 Å². The van der Waals surface area contributed by atoms with Gasteiger partial charge in [-0.25, -0.2) is 8.42 Å². The molecular weight excluding hydrogens is 657 g/mol. The Bertz CT molecular complexity index is 1530. The summed E-state index contributed by atoms with van der Waals surface area (Å²) in [4.78, 5) is 15.8. The lowest BCUT2D eigenvalue weighted by molar-refractivity contribution is -0.202. The Labute approximate surface area is 277 Å². The fourth-order valence-corrected chi connectivity index (χ4v) is 8.47. The monoisotopic (exact) mass is 696 g/mol. The number of halogens is 4. The van der Waals surface area contributed by atoms with Crippen molar-refractivity contribution in [3.63, 3.8) is 0 Å². The molecule has 256 valence electrons. The van der Waals surface area contributed by atoms with Gasteiger partial charge in [-0.1, -0.05) is 49.7 Å². The van der Waals surface area contributed by atoms with Gasteiger partial charge in [0, 0.05) is 5.92 Å². The Morgan fingerprint density at radius 1 is 0.830 bits per heavy atom. The summed E-state index contributed by atoms with van der Waals surface area (Å²) < 4.78 is 95.1. The number of benzene rings is 3. The molecule has 2 aliphatic carbocycles. The zero-order valence-corrected chi connectivity index (χ0v) is 28.2. The zero-order valence-electron chi connectivity index (χ0n) is 26.5. The van der Waals surface area contributed by atoms with E-state index in [1.165, 1.54) is 14.7 Å². The molecule has 0 aromatic heterocycles. The first-order valence-corrected chi connectivity index (χ1v) is 18.2. The minimum Gasteiger partial charge on any atom is -0.743 e. The van der Waals surface area contributed by atoms with Gasteiger partial charge in [0.05, 0.1) is 16.3 Å². The molecule has 47 heavy (non-hydrogen) atoms. The summed E-state index contributed by atoms with van der Waals surface area (Å²) in [6.07, 6.45) is 2.17. The second-order valence-electron chi connectivity index (χ2n) is 12.5. The van der Waals surface area contributed by atoms with Crippen LogP contribution in [0.2, 0.25) is 0 Å². The van der Waals surface area contributed by atoms with E-state index in [0.717, 1.165) is 12.2 Å². The molecule has 0 radical (unpaired) electrons. The third kappa shape index (κ3) is 8.50. The fraction of sp³-hybridized carbons (Fsp3) is 0.457. The van der Waals surface area contributed by atoms with E-state index in [-0.39, 0.29) is 35.8 Å². The molecule has 0 aliphatic heterocycles. The molecule has 3 unspecified atom stereocenters. The van der Waals surface area contributed by atoms with Crippen LogP contribution >= 0.6 is 0 Å². The van der Waals surface area contributed by atoms with Crippen molar-refractivity contribution in [3.05, 3.63) is 84.9 Å². The highest BCUT2D eigenvalue weighted by Crippen LogP contribution is 2.58. The molecule has 5 rings (SSSR count). The third-order valence-corrected chi connectivity index (χ3v) is 12.1. The number of carbonyl (C=O) groups excluding carboxylic acids is 1. The first-order chi connectivity index (χ1) is 22.1. The van der Waals surface area contributed by atoms with E-state index in [0.29, 0.717) is 25.9 Å². The fourth-order valence-electron chi connectivity index (χ4n) is 5.90. The van der Waals surface area contributed by atoms with E-state index in [4.69, 9.17) is 9.47 Å². The Kier molecular flexibility index (Phi) is 11.7. The second kappa shape index (κ2) is 15.0. The molecule has 0 N–H and O–H groups in total. The van der Waals surface area contributed by atoms with E-state index in [2.05, 4.69) is 60.7 Å². The maximum Gasteiger partial charge on any atom is 0.396 e. The van der Waals surface area contributed by atoms with Crippen molar-refractivity contribution in [2.24, 2.45) is 23.2 Å². The van der Waals surface area contributed by atoms with Crippen LogP contribution in [0.4, 0.5) is 17.6 Å². The normalized spacial score (nSPS) is 19.6. The number of rotatable bonds is 12. The molecule has 3 aromatic carbocycles. The topological polar surface area (TPSA) is 92.7 Å². The van der Waals surface area contributed by atoms with Crippen molar-refractivity contribution in [1.29, 1.82) is 0 Å². The predicted molar refractivity (Wildman–Crippen MR) is 171 cm³/mol. The molecule has 3 atom stereocenters. The smallest absolute Gasteiger partial charge is 0.396 e. The summed E-state index contributed by atoms with van der Waals surface area (Å²) in [6, 6.07) is 29.3. The van der Waals surface area contributed by atoms with Crippen LogP contribution in [0.1, 0.15) is 52.9 Å². The van der Waals surface area contributed by atoms with Gasteiger partial charge in [-0.05, 0) is 99.9 Å². The van der Waals surface area contributed by atoms with Crippen LogP contribution in [-0.4, -0.2) is 43.3 Å². The van der Waals surface area contributed by atoms with Gasteiger partial charge in [0.1, 0.15) is 19.0 Å². The van der Waals surface area contributed by atoms with Crippen LogP contribution in [0, 0.1) is 23.2 Å². The maximum absolute atomic E-state index is 13.5. The molecule has 0 amide bonds. The Balaban J connectivity index is 0.000000248. The zero-order chi connectivity index (χ0) is 34.5. The molecule has 12 heteroatoms. The van der Waals surface area contributed by atoms with Crippen LogP contribution < -0.4 is 4.74 Å². The van der Waals surface area contributed by atoms with Gasteiger partial charge in [-0.15, -0.1) is 0 Å². The lowest BCUT2D eigenvalue weighted by Crippen LogP contribution is -2.52. The number of carbonyl (C=O) groups is 1. The first kappa shape index (κ1) is 36.7. The Morgan fingerprint density at radius 3 is 1.81 bits per heavy atom. The molecule has 0 saturated heterocycles. The molecule has 2 saturated carbocycles. The highest BCUT2D eigenvalue weighted by molar-refractivity contribution is 7.97. The van der Waals surface area contributed by atoms with E-state index < -0.39 is 38.5 Å². The van der Waals surface area contributed by atoms with Gasteiger partial charge in [0.2, 0.25) is 0 Å². The van der Waals surface area contributed by atoms with E-state index >= 15 is 0 Å². The molecule has 2 bridgehead atoms.